The number of amides is 2. The predicted octanol–water partition coefficient (Wildman–Crippen LogP) is 2.94. The van der Waals surface area contributed by atoms with Crippen LogP contribution in [-0.2, 0) is 4.79 Å². The highest BCUT2D eigenvalue weighted by Crippen LogP contribution is 2.24. The number of likely N-dealkylation sites (tertiary alicyclic amines) is 2. The van der Waals surface area contributed by atoms with Crippen molar-refractivity contribution in [3.05, 3.63) is 35.6 Å². The molecule has 0 unspecified atom stereocenters. The number of hydrogen-bond donors (Lipinski definition) is 0. The molecule has 2 fully saturated rings. The van der Waals surface area contributed by atoms with Gasteiger partial charge in [-0.05, 0) is 55.9 Å². The summed E-state index contributed by atoms with van der Waals surface area (Å²) < 4.78 is 13.0. The Morgan fingerprint density at radius 2 is 1.67 bits per heavy atom. The van der Waals surface area contributed by atoms with Crippen LogP contribution in [0, 0.1) is 17.7 Å². The summed E-state index contributed by atoms with van der Waals surface area (Å²) >= 11 is 0. The molecule has 0 saturated carbocycles. The highest BCUT2D eigenvalue weighted by atomic mass is 19.1. The third kappa shape index (κ3) is 3.77. The lowest BCUT2D eigenvalue weighted by molar-refractivity contribution is -0.138. The molecule has 0 bridgehead atoms. The molecule has 0 N–H and O–H groups in total. The van der Waals surface area contributed by atoms with Crippen molar-refractivity contribution in [1.82, 2.24) is 9.80 Å². The minimum absolute atomic E-state index is 0.103. The van der Waals surface area contributed by atoms with Gasteiger partial charge >= 0.3 is 0 Å². The molecule has 0 spiro atoms. The Bertz CT molecular complexity index is 602. The third-order valence-electron chi connectivity index (χ3n) is 5.12. The first-order valence-electron chi connectivity index (χ1n) is 8.88. The summed E-state index contributed by atoms with van der Waals surface area (Å²) in [5, 5.41) is 0. The molecule has 2 amide bonds. The average molecular weight is 332 g/mol. The molecule has 0 radical (unpaired) electrons. The molecule has 2 saturated heterocycles. The Balaban J connectivity index is 1.64. The minimum atomic E-state index is -0.350. The van der Waals surface area contributed by atoms with Gasteiger partial charge in [-0.25, -0.2) is 4.39 Å². The number of hydrogen-bond acceptors (Lipinski definition) is 2. The van der Waals surface area contributed by atoms with Crippen LogP contribution in [0.25, 0.3) is 0 Å². The van der Waals surface area contributed by atoms with Crippen molar-refractivity contribution in [3.63, 3.8) is 0 Å². The molecule has 130 valence electrons. The Kier molecular flexibility index (Phi) is 5.17. The molecule has 24 heavy (non-hydrogen) atoms. The van der Waals surface area contributed by atoms with Crippen molar-refractivity contribution in [3.8, 4) is 0 Å². The van der Waals surface area contributed by atoms with Gasteiger partial charge in [0, 0.05) is 31.7 Å². The largest absolute Gasteiger partial charge is 0.342 e. The van der Waals surface area contributed by atoms with E-state index < -0.39 is 0 Å². The third-order valence-corrected chi connectivity index (χ3v) is 5.12. The van der Waals surface area contributed by atoms with E-state index in [1.165, 1.54) is 30.7 Å². The first-order valence-corrected chi connectivity index (χ1v) is 8.88. The second-order valence-electron chi connectivity index (χ2n) is 7.13. The van der Waals surface area contributed by atoms with Gasteiger partial charge in [0.1, 0.15) is 5.82 Å². The summed E-state index contributed by atoms with van der Waals surface area (Å²) in [5.74, 6) is 0.187. The zero-order valence-corrected chi connectivity index (χ0v) is 14.2. The predicted molar refractivity (Wildman–Crippen MR) is 90.0 cm³/mol. The van der Waals surface area contributed by atoms with E-state index in [9.17, 15) is 14.0 Å². The van der Waals surface area contributed by atoms with Crippen molar-refractivity contribution in [2.75, 3.05) is 26.2 Å². The summed E-state index contributed by atoms with van der Waals surface area (Å²) in [4.78, 5) is 29.1. The minimum Gasteiger partial charge on any atom is -0.342 e. The fourth-order valence-corrected chi connectivity index (χ4v) is 3.79. The Hall–Kier alpha value is -1.91. The molecule has 2 aliphatic heterocycles. The van der Waals surface area contributed by atoms with Crippen molar-refractivity contribution in [1.29, 1.82) is 0 Å². The first-order chi connectivity index (χ1) is 11.5. The molecule has 5 heteroatoms. The monoisotopic (exact) mass is 332 g/mol. The van der Waals surface area contributed by atoms with E-state index >= 15 is 0 Å². The molecule has 2 atom stereocenters. The smallest absolute Gasteiger partial charge is 0.253 e. The first kappa shape index (κ1) is 16.9. The van der Waals surface area contributed by atoms with Crippen LogP contribution in [0.4, 0.5) is 4.39 Å². The molecule has 1 aromatic carbocycles. The Labute approximate surface area is 142 Å². The van der Waals surface area contributed by atoms with Crippen LogP contribution in [0.3, 0.4) is 0 Å². The second-order valence-corrected chi connectivity index (χ2v) is 7.13. The summed E-state index contributed by atoms with van der Waals surface area (Å²) in [5.41, 5.74) is 0.482. The van der Waals surface area contributed by atoms with E-state index in [0.717, 1.165) is 32.4 Å². The Morgan fingerprint density at radius 3 is 2.38 bits per heavy atom. The van der Waals surface area contributed by atoms with Crippen molar-refractivity contribution in [2.24, 2.45) is 11.8 Å². The lowest BCUT2D eigenvalue weighted by atomic mass is 9.93. The molecule has 1 aromatic rings. The fourth-order valence-electron chi connectivity index (χ4n) is 3.79. The van der Waals surface area contributed by atoms with Gasteiger partial charge in [0.05, 0.1) is 5.92 Å². The summed E-state index contributed by atoms with van der Waals surface area (Å²) in [6, 6.07) is 5.62. The van der Waals surface area contributed by atoms with Gasteiger partial charge < -0.3 is 9.80 Å². The van der Waals surface area contributed by atoms with Gasteiger partial charge in [-0.15, -0.1) is 0 Å². The zero-order chi connectivity index (χ0) is 17.1. The van der Waals surface area contributed by atoms with Crippen LogP contribution in [0.5, 0.6) is 0 Å². The number of carbonyl (C=O) groups is 2. The van der Waals surface area contributed by atoms with E-state index in [0.29, 0.717) is 24.6 Å². The molecule has 0 aliphatic carbocycles. The van der Waals surface area contributed by atoms with Gasteiger partial charge in [-0.3, -0.25) is 9.59 Å². The highest BCUT2D eigenvalue weighted by Gasteiger charge is 2.32. The maximum absolute atomic E-state index is 13.0. The van der Waals surface area contributed by atoms with Gasteiger partial charge in [0.15, 0.2) is 0 Å². The zero-order valence-electron chi connectivity index (χ0n) is 14.2. The molecule has 3 rings (SSSR count). The number of piperidine rings is 2. The lowest BCUT2D eigenvalue weighted by Gasteiger charge is -2.37. The van der Waals surface area contributed by atoms with E-state index in [2.05, 4.69) is 6.92 Å². The quantitative estimate of drug-likeness (QED) is 0.835. The summed E-state index contributed by atoms with van der Waals surface area (Å²) in [6.45, 7) is 4.99. The fraction of sp³-hybridized carbons (Fsp3) is 0.579. The number of halogens is 1. The molecular weight excluding hydrogens is 307 g/mol. The van der Waals surface area contributed by atoms with Gasteiger partial charge in [-0.2, -0.15) is 0 Å². The second kappa shape index (κ2) is 7.32. The van der Waals surface area contributed by atoms with E-state index in [4.69, 9.17) is 0 Å². The van der Waals surface area contributed by atoms with Crippen LogP contribution < -0.4 is 0 Å². The Morgan fingerprint density at radius 1 is 1.00 bits per heavy atom. The molecular formula is C19H25FN2O2. The van der Waals surface area contributed by atoms with Crippen molar-refractivity contribution in [2.45, 2.75) is 32.6 Å². The lowest BCUT2D eigenvalue weighted by Crippen LogP contribution is -2.48. The van der Waals surface area contributed by atoms with Crippen LogP contribution in [0.1, 0.15) is 43.0 Å². The highest BCUT2D eigenvalue weighted by molar-refractivity contribution is 5.94. The van der Waals surface area contributed by atoms with Crippen LogP contribution >= 0.6 is 0 Å². The summed E-state index contributed by atoms with van der Waals surface area (Å²) in [6.07, 6.45) is 3.94. The van der Waals surface area contributed by atoms with Gasteiger partial charge in [-0.1, -0.05) is 6.92 Å². The van der Waals surface area contributed by atoms with Crippen LogP contribution in [-0.4, -0.2) is 47.8 Å². The maximum Gasteiger partial charge on any atom is 0.253 e. The number of nitrogens with zero attached hydrogens (tertiary/aromatic N) is 2. The molecule has 0 aromatic heterocycles. The van der Waals surface area contributed by atoms with Gasteiger partial charge in [0.2, 0.25) is 5.91 Å². The standard InChI is InChI=1S/C19H25FN2O2/c1-14-4-2-10-21(12-14)19(24)16-5-3-11-22(13-16)18(23)15-6-8-17(20)9-7-15/h6-9,14,16H,2-5,10-13H2,1H3/t14-,16+/m1/s1. The topological polar surface area (TPSA) is 40.6 Å². The molecule has 2 aliphatic rings. The normalized spacial score (nSPS) is 24.8. The molecule has 2 heterocycles. The van der Waals surface area contributed by atoms with Gasteiger partial charge in [0.25, 0.3) is 5.91 Å². The number of carbonyl (C=O) groups excluding carboxylic acids is 2. The summed E-state index contributed by atoms with van der Waals surface area (Å²) in [7, 11) is 0. The molecule has 4 nitrogen and oxygen atoms in total. The van der Waals surface area contributed by atoms with Crippen molar-refractivity contribution >= 4 is 11.8 Å². The van der Waals surface area contributed by atoms with Crippen molar-refractivity contribution < 1.29 is 14.0 Å². The number of benzene rings is 1. The van der Waals surface area contributed by atoms with E-state index in [1.54, 1.807) is 4.90 Å². The number of rotatable bonds is 2. The van der Waals surface area contributed by atoms with E-state index in [1.807, 2.05) is 4.90 Å². The van der Waals surface area contributed by atoms with E-state index in [-0.39, 0.29) is 23.5 Å². The SMILES string of the molecule is C[C@@H]1CCCN(C(=O)[C@H]2CCCN(C(=O)c3ccc(F)cc3)C2)C1. The van der Waals surface area contributed by atoms with Crippen LogP contribution in [0.2, 0.25) is 0 Å². The average Bonchev–Trinajstić information content (AvgIpc) is 2.61. The van der Waals surface area contributed by atoms with Crippen LogP contribution in [0.15, 0.2) is 24.3 Å². The maximum atomic E-state index is 13.0.